The van der Waals surface area contributed by atoms with Crippen molar-refractivity contribution in [2.45, 2.75) is 25.7 Å². The summed E-state index contributed by atoms with van der Waals surface area (Å²) in [6, 6.07) is 8.86. The minimum atomic E-state index is -3.94. The van der Waals surface area contributed by atoms with Crippen LogP contribution in [0.1, 0.15) is 18.1 Å². The van der Waals surface area contributed by atoms with Crippen LogP contribution in [0.15, 0.2) is 41.3 Å². The fourth-order valence-corrected chi connectivity index (χ4v) is 3.59. The average molecular weight is 350 g/mol. The molecule has 0 heterocycles. The summed E-state index contributed by atoms with van der Waals surface area (Å²) in [6.45, 7) is 5.62. The van der Waals surface area contributed by atoms with E-state index >= 15 is 0 Å². The SMILES string of the molecule is CCOc1ccc(NS(=O)(=O)c2cc([N+](=O)[O-])cc(C)c2C)cc1. The van der Waals surface area contributed by atoms with E-state index < -0.39 is 14.9 Å². The molecule has 0 bridgehead atoms. The van der Waals surface area contributed by atoms with Gasteiger partial charge in [-0.25, -0.2) is 8.42 Å². The third-order valence-corrected chi connectivity index (χ3v) is 5.03. The van der Waals surface area contributed by atoms with Crippen LogP contribution < -0.4 is 9.46 Å². The zero-order valence-corrected chi connectivity index (χ0v) is 14.4. The number of hydrogen-bond donors (Lipinski definition) is 1. The quantitative estimate of drug-likeness (QED) is 0.636. The predicted molar refractivity (Wildman–Crippen MR) is 91.0 cm³/mol. The number of nitrogens with zero attached hydrogens (tertiary/aromatic N) is 1. The van der Waals surface area contributed by atoms with Crippen molar-refractivity contribution in [3.8, 4) is 5.75 Å². The Bertz CT molecular complexity index is 861. The lowest BCUT2D eigenvalue weighted by Gasteiger charge is -2.12. The molecule has 24 heavy (non-hydrogen) atoms. The number of nitro groups is 1. The predicted octanol–water partition coefficient (Wildman–Crippen LogP) is 3.41. The number of rotatable bonds is 6. The zero-order valence-electron chi connectivity index (χ0n) is 13.6. The number of nitro benzene ring substituents is 1. The number of benzene rings is 2. The van der Waals surface area contributed by atoms with Crippen LogP contribution in [0.3, 0.4) is 0 Å². The minimum Gasteiger partial charge on any atom is -0.494 e. The van der Waals surface area contributed by atoms with Gasteiger partial charge in [-0.1, -0.05) is 0 Å². The summed E-state index contributed by atoms with van der Waals surface area (Å²) in [4.78, 5) is 10.3. The first kappa shape index (κ1) is 17.7. The van der Waals surface area contributed by atoms with E-state index in [0.717, 1.165) is 6.07 Å². The normalized spacial score (nSPS) is 11.1. The van der Waals surface area contributed by atoms with Crippen LogP contribution in [0.4, 0.5) is 11.4 Å². The van der Waals surface area contributed by atoms with E-state index in [1.54, 1.807) is 38.1 Å². The molecule has 7 nitrogen and oxygen atoms in total. The topological polar surface area (TPSA) is 98.5 Å². The van der Waals surface area contributed by atoms with Crippen molar-refractivity contribution in [3.05, 3.63) is 57.6 Å². The van der Waals surface area contributed by atoms with Gasteiger partial charge in [-0.15, -0.1) is 0 Å². The highest BCUT2D eigenvalue weighted by atomic mass is 32.2. The van der Waals surface area contributed by atoms with Gasteiger partial charge in [-0.05, 0) is 56.2 Å². The highest BCUT2D eigenvalue weighted by Crippen LogP contribution is 2.27. The Balaban J connectivity index is 2.38. The Labute approximate surface area is 140 Å². The van der Waals surface area contributed by atoms with E-state index in [-0.39, 0.29) is 10.6 Å². The smallest absolute Gasteiger partial charge is 0.271 e. The number of non-ortho nitro benzene ring substituents is 1. The van der Waals surface area contributed by atoms with Crippen molar-refractivity contribution in [3.63, 3.8) is 0 Å². The van der Waals surface area contributed by atoms with Crippen LogP contribution >= 0.6 is 0 Å². The van der Waals surface area contributed by atoms with Crippen LogP contribution in [-0.4, -0.2) is 19.9 Å². The third-order valence-electron chi connectivity index (χ3n) is 3.52. The van der Waals surface area contributed by atoms with Gasteiger partial charge in [0.2, 0.25) is 0 Å². The maximum atomic E-state index is 12.6. The molecule has 2 rings (SSSR count). The molecule has 1 N–H and O–H groups in total. The van der Waals surface area contributed by atoms with Gasteiger partial charge in [0.1, 0.15) is 5.75 Å². The molecular formula is C16H18N2O5S. The van der Waals surface area contributed by atoms with Gasteiger partial charge in [0.05, 0.1) is 16.4 Å². The molecule has 0 saturated carbocycles. The fourth-order valence-electron chi connectivity index (χ4n) is 2.19. The molecule has 2 aromatic rings. The monoisotopic (exact) mass is 350 g/mol. The Kier molecular flexibility index (Phi) is 5.08. The molecule has 0 saturated heterocycles. The Morgan fingerprint density at radius 2 is 1.79 bits per heavy atom. The highest BCUT2D eigenvalue weighted by Gasteiger charge is 2.22. The van der Waals surface area contributed by atoms with Crippen LogP contribution in [0, 0.1) is 24.0 Å². The third kappa shape index (κ3) is 3.83. The van der Waals surface area contributed by atoms with Crippen molar-refractivity contribution in [2.75, 3.05) is 11.3 Å². The largest absolute Gasteiger partial charge is 0.494 e. The molecule has 8 heteroatoms. The summed E-state index contributed by atoms with van der Waals surface area (Å²) in [6.07, 6.45) is 0. The summed E-state index contributed by atoms with van der Waals surface area (Å²) >= 11 is 0. The molecule has 0 aliphatic rings. The van der Waals surface area contributed by atoms with E-state index in [2.05, 4.69) is 4.72 Å². The fraction of sp³-hybridized carbons (Fsp3) is 0.250. The van der Waals surface area contributed by atoms with E-state index in [0.29, 0.717) is 29.2 Å². The lowest BCUT2D eigenvalue weighted by molar-refractivity contribution is -0.385. The second kappa shape index (κ2) is 6.88. The number of aryl methyl sites for hydroxylation is 1. The van der Waals surface area contributed by atoms with Crippen LogP contribution in [0.2, 0.25) is 0 Å². The average Bonchev–Trinajstić information content (AvgIpc) is 2.51. The molecule has 0 atom stereocenters. The van der Waals surface area contributed by atoms with Gasteiger partial charge in [0.15, 0.2) is 0 Å². The number of anilines is 1. The summed E-state index contributed by atoms with van der Waals surface area (Å²) < 4.78 is 32.9. The maximum Gasteiger partial charge on any atom is 0.271 e. The van der Waals surface area contributed by atoms with Crippen molar-refractivity contribution >= 4 is 21.4 Å². The van der Waals surface area contributed by atoms with Crippen molar-refractivity contribution in [1.82, 2.24) is 0 Å². The molecular weight excluding hydrogens is 332 g/mol. The van der Waals surface area contributed by atoms with Gasteiger partial charge in [-0.3, -0.25) is 14.8 Å². The van der Waals surface area contributed by atoms with Crippen molar-refractivity contribution in [2.24, 2.45) is 0 Å². The Morgan fingerprint density at radius 3 is 2.33 bits per heavy atom. The van der Waals surface area contributed by atoms with Crippen LogP contribution in [-0.2, 0) is 10.0 Å². The van der Waals surface area contributed by atoms with Crippen molar-refractivity contribution < 1.29 is 18.1 Å². The van der Waals surface area contributed by atoms with E-state index in [4.69, 9.17) is 4.74 Å². The van der Waals surface area contributed by atoms with Gasteiger partial charge < -0.3 is 4.74 Å². The van der Waals surface area contributed by atoms with Gasteiger partial charge >= 0.3 is 0 Å². The number of ether oxygens (including phenoxy) is 1. The lowest BCUT2D eigenvalue weighted by Crippen LogP contribution is -2.15. The molecule has 0 aliphatic heterocycles. The first-order valence-electron chi connectivity index (χ1n) is 7.26. The van der Waals surface area contributed by atoms with Gasteiger partial charge in [0.25, 0.3) is 15.7 Å². The second-order valence-electron chi connectivity index (χ2n) is 5.21. The molecule has 2 aromatic carbocycles. The number of sulfonamides is 1. The summed E-state index contributed by atoms with van der Waals surface area (Å²) in [5.74, 6) is 0.628. The maximum absolute atomic E-state index is 12.6. The second-order valence-corrected chi connectivity index (χ2v) is 6.86. The Morgan fingerprint density at radius 1 is 1.17 bits per heavy atom. The zero-order chi connectivity index (χ0) is 17.9. The number of hydrogen-bond acceptors (Lipinski definition) is 5. The summed E-state index contributed by atoms with van der Waals surface area (Å²) in [7, 11) is -3.94. The summed E-state index contributed by atoms with van der Waals surface area (Å²) in [5, 5.41) is 11.0. The van der Waals surface area contributed by atoms with Crippen LogP contribution in [0.5, 0.6) is 5.75 Å². The molecule has 0 fully saturated rings. The molecule has 0 radical (unpaired) electrons. The molecule has 128 valence electrons. The van der Waals surface area contributed by atoms with Gasteiger partial charge in [-0.2, -0.15) is 0 Å². The minimum absolute atomic E-state index is 0.108. The van der Waals surface area contributed by atoms with Crippen molar-refractivity contribution in [1.29, 1.82) is 0 Å². The molecule has 0 spiro atoms. The Hall–Kier alpha value is -2.61. The van der Waals surface area contributed by atoms with Crippen LogP contribution in [0.25, 0.3) is 0 Å². The lowest BCUT2D eigenvalue weighted by atomic mass is 10.1. The molecule has 0 aliphatic carbocycles. The first-order chi connectivity index (χ1) is 11.2. The highest BCUT2D eigenvalue weighted by molar-refractivity contribution is 7.92. The summed E-state index contributed by atoms with van der Waals surface area (Å²) in [5.41, 5.74) is 1.10. The van der Waals surface area contributed by atoms with E-state index in [1.807, 2.05) is 6.92 Å². The molecule has 0 aromatic heterocycles. The molecule has 0 amide bonds. The van der Waals surface area contributed by atoms with Gasteiger partial charge in [0, 0.05) is 17.8 Å². The standard InChI is InChI=1S/C16H18N2O5S/c1-4-23-15-7-5-13(6-8-15)17-24(21,22)16-10-14(18(19)20)9-11(2)12(16)3/h5-10,17H,4H2,1-3H3. The van der Waals surface area contributed by atoms with E-state index in [1.165, 1.54) is 6.07 Å². The molecule has 0 unspecified atom stereocenters. The first-order valence-corrected chi connectivity index (χ1v) is 8.74. The van der Waals surface area contributed by atoms with E-state index in [9.17, 15) is 18.5 Å². The number of nitrogens with one attached hydrogen (secondary N) is 1.